The van der Waals surface area contributed by atoms with Crippen molar-refractivity contribution in [1.29, 1.82) is 0 Å². The van der Waals surface area contributed by atoms with E-state index in [0.29, 0.717) is 0 Å². The van der Waals surface area contributed by atoms with Crippen LogP contribution in [0.15, 0.2) is 18.1 Å². The van der Waals surface area contributed by atoms with Crippen LogP contribution in [0.3, 0.4) is 0 Å². The average molecular weight is 531 g/mol. The van der Waals surface area contributed by atoms with E-state index in [1.54, 1.807) is 0 Å². The van der Waals surface area contributed by atoms with Crippen LogP contribution < -0.4 is 4.86 Å². The first-order valence-corrected chi connectivity index (χ1v) is 15.9. The van der Waals surface area contributed by atoms with E-state index < -0.39 is 56.9 Å². The third kappa shape index (κ3) is 9.76. The van der Waals surface area contributed by atoms with E-state index in [9.17, 15) is 12.6 Å². The van der Waals surface area contributed by atoms with Crippen LogP contribution >= 0.6 is 38.6 Å². The lowest BCUT2D eigenvalue weighted by atomic mass is 10.5. The minimum absolute atomic E-state index is 1.01. The maximum atomic E-state index is 15.4. The van der Waals surface area contributed by atoms with Gasteiger partial charge in [-0.1, -0.05) is 0 Å². The first kappa shape index (κ1) is 27.7. The number of hydrogen-bond donors (Lipinski definition) is 1. The fraction of sp³-hybridized carbons (Fsp3) is 0.900. The zero-order valence-electron chi connectivity index (χ0n) is 16.5. The summed E-state index contributed by atoms with van der Waals surface area (Å²) in [5.41, 5.74) is 0. The Hall–Kier alpha value is 0.640. The van der Waals surface area contributed by atoms with Crippen LogP contribution in [0.1, 0.15) is 41.5 Å². The van der Waals surface area contributed by atoms with Gasteiger partial charge in [0.15, 0.2) is 0 Å². The predicted octanol–water partition coefficient (Wildman–Crippen LogP) is 9.66. The van der Waals surface area contributed by atoms with Crippen molar-refractivity contribution in [3.63, 3.8) is 0 Å². The van der Waals surface area contributed by atoms with Crippen molar-refractivity contribution in [2.75, 3.05) is 0 Å². The normalized spacial score (nSPS) is 38.2. The van der Waals surface area contributed by atoms with Gasteiger partial charge < -0.3 is 13.6 Å². The Labute approximate surface area is 167 Å². The maximum Gasteiger partial charge on any atom is 0.388 e. The highest BCUT2D eigenvalue weighted by molar-refractivity contribution is 7.83. The molecule has 1 N–H and O–H groups in total. The highest BCUT2D eigenvalue weighted by Gasteiger charge is 2.41. The van der Waals surface area contributed by atoms with E-state index in [1.807, 2.05) is 0 Å². The SMILES string of the molecule is C=P1(F)N=P(F)(OC(C)C)N=P(F)(OC(C)C)N=P(F)(OC(C)C)N=P(F)(F)N1. The molecule has 174 valence electrons. The summed E-state index contributed by atoms with van der Waals surface area (Å²) in [5, 5.41) is 0. The standard InChI is InChI=1S/C10H24F6N5O3P5/c1-8(2)22-27(14)18-25(7,11)17-26(12,13)19-28(15,23-9(3)4)21-29(16,20-27)24-10(5)6/h8-10,17H,7H2,1-6H3. The lowest BCUT2D eigenvalue weighted by molar-refractivity contribution is 0.239. The van der Waals surface area contributed by atoms with Gasteiger partial charge in [-0.05, 0) is 47.8 Å². The second-order valence-corrected chi connectivity index (χ2v) is 16.0. The first-order valence-electron chi connectivity index (χ1n) is 8.10. The quantitative estimate of drug-likeness (QED) is 0.273. The average Bonchev–Trinajstić information content (AvgIpc) is 2.26. The highest BCUT2D eigenvalue weighted by atomic mass is 31.3. The van der Waals surface area contributed by atoms with E-state index in [4.69, 9.17) is 13.6 Å². The second kappa shape index (κ2) is 9.64. The number of halogens is 6. The minimum atomic E-state index is -6.04. The van der Waals surface area contributed by atoms with E-state index in [0.717, 1.165) is 4.86 Å². The molecule has 8 nitrogen and oxygen atoms in total. The molecule has 0 bridgehead atoms. The van der Waals surface area contributed by atoms with E-state index >= 15 is 12.6 Å². The molecule has 0 aliphatic carbocycles. The molecule has 1 heterocycles. The van der Waals surface area contributed by atoms with Crippen molar-refractivity contribution in [2.45, 2.75) is 59.9 Å². The molecule has 29 heavy (non-hydrogen) atoms. The summed E-state index contributed by atoms with van der Waals surface area (Å²) in [6.45, 7) is 7.69. The largest absolute Gasteiger partial charge is 0.388 e. The van der Waals surface area contributed by atoms with Crippen molar-refractivity contribution in [1.82, 2.24) is 4.86 Å². The Morgan fingerprint density at radius 1 is 0.621 bits per heavy atom. The van der Waals surface area contributed by atoms with E-state index in [-0.39, 0.29) is 0 Å². The maximum absolute atomic E-state index is 15.4. The molecule has 1 aliphatic rings. The van der Waals surface area contributed by atoms with Gasteiger partial charge in [-0.25, -0.2) is 0 Å². The van der Waals surface area contributed by atoms with Gasteiger partial charge in [0.2, 0.25) is 7.50 Å². The zero-order valence-corrected chi connectivity index (χ0v) is 20.9. The smallest absolute Gasteiger partial charge is 0.300 e. The summed E-state index contributed by atoms with van der Waals surface area (Å²) in [7, 11) is -27.3. The number of nitrogens with one attached hydrogen (secondary N) is 1. The monoisotopic (exact) mass is 531 g/mol. The summed E-state index contributed by atoms with van der Waals surface area (Å²) in [6.07, 6.45) is -0.311. The first-order chi connectivity index (χ1) is 12.8. The van der Waals surface area contributed by atoms with Gasteiger partial charge in [-0.2, -0.15) is 34.6 Å². The van der Waals surface area contributed by atoms with Gasteiger partial charge in [-0.15, -0.1) is 13.5 Å². The highest BCUT2D eigenvalue weighted by Crippen LogP contribution is 2.80. The Kier molecular flexibility index (Phi) is 9.20. The molecule has 1 rings (SSSR count). The summed E-state index contributed by atoms with van der Waals surface area (Å²) < 4.78 is 115. The van der Waals surface area contributed by atoms with Crippen molar-refractivity contribution >= 4 is 44.9 Å². The van der Waals surface area contributed by atoms with Gasteiger partial charge >= 0.3 is 31.1 Å². The molecule has 4 unspecified atom stereocenters. The lowest BCUT2D eigenvalue weighted by Crippen LogP contribution is -2.03. The summed E-state index contributed by atoms with van der Waals surface area (Å²) in [6, 6.07) is 0. The molecule has 0 aromatic carbocycles. The van der Waals surface area contributed by atoms with Crippen LogP contribution in [0.4, 0.5) is 25.2 Å². The van der Waals surface area contributed by atoms with Gasteiger partial charge in [0.1, 0.15) is 0 Å². The summed E-state index contributed by atoms with van der Waals surface area (Å²) in [4.78, 5) is 1.05. The molecule has 0 fully saturated rings. The van der Waals surface area contributed by atoms with Crippen LogP contribution in [-0.2, 0) is 13.6 Å². The minimum Gasteiger partial charge on any atom is -0.300 e. The molecule has 0 aromatic heterocycles. The molecule has 0 saturated heterocycles. The molecule has 0 spiro atoms. The van der Waals surface area contributed by atoms with Crippen molar-refractivity contribution in [3.05, 3.63) is 0 Å². The second-order valence-electron chi connectivity index (χ2n) is 6.50. The molecule has 0 amide bonds. The van der Waals surface area contributed by atoms with Gasteiger partial charge in [0.25, 0.3) is 0 Å². The fourth-order valence-electron chi connectivity index (χ4n) is 1.79. The van der Waals surface area contributed by atoms with Crippen LogP contribution in [-0.4, -0.2) is 24.6 Å². The molecule has 0 radical (unpaired) electrons. The molecule has 0 aromatic rings. The molecule has 0 saturated carbocycles. The molecule has 4 atom stereocenters. The van der Waals surface area contributed by atoms with Crippen LogP contribution in [0.5, 0.6) is 0 Å². The van der Waals surface area contributed by atoms with Crippen LogP contribution in [0.25, 0.3) is 0 Å². The third-order valence-electron chi connectivity index (χ3n) is 2.22. The third-order valence-corrected chi connectivity index (χ3v) is 13.8. The zero-order chi connectivity index (χ0) is 22.9. The van der Waals surface area contributed by atoms with Gasteiger partial charge in [0.05, 0.1) is 18.3 Å². The Morgan fingerprint density at radius 3 is 1.28 bits per heavy atom. The van der Waals surface area contributed by atoms with Crippen molar-refractivity contribution in [3.8, 4) is 0 Å². The van der Waals surface area contributed by atoms with E-state index in [2.05, 4.69) is 24.4 Å². The summed E-state index contributed by atoms with van der Waals surface area (Å²) >= 11 is 0. The summed E-state index contributed by atoms with van der Waals surface area (Å²) in [5.74, 6) is 0. The Balaban J connectivity index is 4.06. The predicted molar refractivity (Wildman–Crippen MR) is 110 cm³/mol. The van der Waals surface area contributed by atoms with Crippen LogP contribution in [0.2, 0.25) is 0 Å². The molecular weight excluding hydrogens is 507 g/mol. The van der Waals surface area contributed by atoms with Crippen LogP contribution in [0, 0.1) is 0 Å². The van der Waals surface area contributed by atoms with Crippen molar-refractivity contribution in [2.24, 2.45) is 18.1 Å². The molecular formula is C10H24F6N5O3P5. The Bertz CT molecular complexity index is 887. The Morgan fingerprint density at radius 2 is 0.931 bits per heavy atom. The number of hydrogen-bond acceptors (Lipinski definition) is 8. The van der Waals surface area contributed by atoms with Crippen molar-refractivity contribution < 1.29 is 38.8 Å². The molecule has 19 heteroatoms. The molecule has 1 aliphatic heterocycles. The van der Waals surface area contributed by atoms with Gasteiger partial charge in [0, 0.05) is 0 Å². The number of rotatable bonds is 6. The van der Waals surface area contributed by atoms with E-state index in [1.165, 1.54) is 41.5 Å². The van der Waals surface area contributed by atoms with Gasteiger partial charge in [-0.3, -0.25) is 0 Å². The number of nitrogens with zero attached hydrogens (tertiary/aromatic N) is 4. The fourth-order valence-corrected chi connectivity index (χ4v) is 13.0. The lowest BCUT2D eigenvalue weighted by Gasteiger charge is -2.25. The topological polar surface area (TPSA) is 89.2 Å².